The van der Waals surface area contributed by atoms with Crippen molar-refractivity contribution in [3.05, 3.63) is 40.7 Å². The Kier molecular flexibility index (Phi) is 7.30. The number of carbonyl (C=O) groups excluding carboxylic acids is 1. The van der Waals surface area contributed by atoms with Crippen LogP contribution in [0.25, 0.3) is 10.8 Å². The van der Waals surface area contributed by atoms with Crippen LogP contribution in [0.1, 0.15) is 50.5 Å². The molecule has 0 radical (unpaired) electrons. The number of fused-ring (bicyclic) bond motifs is 1. The largest absolute Gasteiger partial charge is 0.534 e. The number of nitriles is 1. The van der Waals surface area contributed by atoms with E-state index in [-0.39, 0.29) is 23.1 Å². The van der Waals surface area contributed by atoms with Crippen LogP contribution in [0, 0.1) is 24.1 Å². The molecule has 0 N–H and O–H groups in total. The van der Waals surface area contributed by atoms with Crippen LogP contribution in [0.4, 0.5) is 17.6 Å². The van der Waals surface area contributed by atoms with E-state index in [0.29, 0.717) is 6.07 Å². The van der Waals surface area contributed by atoms with E-state index in [2.05, 4.69) is 4.18 Å². The van der Waals surface area contributed by atoms with Gasteiger partial charge in [-0.1, -0.05) is 6.07 Å². The predicted molar refractivity (Wildman–Crippen MR) is 109 cm³/mol. The Morgan fingerprint density at radius 3 is 2.27 bits per heavy atom. The van der Waals surface area contributed by atoms with Gasteiger partial charge in [-0.2, -0.15) is 26.9 Å². The first-order chi connectivity index (χ1) is 15.0. The van der Waals surface area contributed by atoms with Crippen molar-refractivity contribution in [3.8, 4) is 11.8 Å². The zero-order valence-electron chi connectivity index (χ0n) is 18.3. The number of benzene rings is 2. The SMILES string of the molecule is CCOC(=O)[C@@H](OC(C)(C)C)c1c(C)cc2cc(C#N)c(F)cc2c1OS(=O)(=O)C(F)(F)F. The highest BCUT2D eigenvalue weighted by molar-refractivity contribution is 7.88. The Bertz CT molecular complexity index is 1230. The second-order valence-electron chi connectivity index (χ2n) is 7.95. The van der Waals surface area contributed by atoms with E-state index in [1.807, 2.05) is 0 Å². The number of alkyl halides is 3. The number of nitrogens with zero attached hydrogens (tertiary/aromatic N) is 1. The molecule has 33 heavy (non-hydrogen) atoms. The lowest BCUT2D eigenvalue weighted by Crippen LogP contribution is -2.31. The minimum atomic E-state index is -6.22. The molecular weight excluding hydrogens is 470 g/mol. The number of halogens is 4. The van der Waals surface area contributed by atoms with Crippen molar-refractivity contribution in [2.75, 3.05) is 6.61 Å². The molecule has 2 aromatic carbocycles. The molecule has 0 fully saturated rings. The Balaban J connectivity index is 2.99. The summed E-state index contributed by atoms with van der Waals surface area (Å²) >= 11 is 0. The Hall–Kier alpha value is -2.91. The van der Waals surface area contributed by atoms with E-state index in [9.17, 15) is 30.8 Å². The summed E-state index contributed by atoms with van der Waals surface area (Å²) < 4.78 is 92.7. The second kappa shape index (κ2) is 9.15. The summed E-state index contributed by atoms with van der Waals surface area (Å²) in [6, 6.07) is 4.62. The molecule has 2 aromatic rings. The molecule has 0 unspecified atom stereocenters. The Morgan fingerprint density at radius 2 is 1.79 bits per heavy atom. The zero-order valence-corrected chi connectivity index (χ0v) is 19.1. The zero-order chi connectivity index (χ0) is 25.4. The normalized spacial score (nSPS) is 13.5. The molecule has 0 heterocycles. The fourth-order valence-corrected chi connectivity index (χ4v) is 3.49. The van der Waals surface area contributed by atoms with Gasteiger partial charge in [0.2, 0.25) is 0 Å². The van der Waals surface area contributed by atoms with Gasteiger partial charge in [-0.05, 0) is 57.7 Å². The van der Waals surface area contributed by atoms with Crippen LogP contribution in [0.5, 0.6) is 5.75 Å². The molecule has 0 spiro atoms. The quantitative estimate of drug-likeness (QED) is 0.247. The molecule has 0 saturated carbocycles. The number of aryl methyl sites for hydroxylation is 1. The lowest BCUT2D eigenvalue weighted by Gasteiger charge is -2.29. The summed E-state index contributed by atoms with van der Waals surface area (Å²) in [5.74, 6) is -3.09. The summed E-state index contributed by atoms with van der Waals surface area (Å²) in [6.45, 7) is 7.43. The molecule has 1 atom stereocenters. The molecule has 0 bridgehead atoms. The Labute approximate surface area is 188 Å². The van der Waals surface area contributed by atoms with Crippen LogP contribution in [0.15, 0.2) is 18.2 Å². The van der Waals surface area contributed by atoms with E-state index in [0.717, 1.165) is 6.07 Å². The molecule has 180 valence electrons. The lowest BCUT2D eigenvalue weighted by atomic mass is 9.94. The van der Waals surface area contributed by atoms with E-state index >= 15 is 0 Å². The minimum Gasteiger partial charge on any atom is -0.464 e. The number of esters is 1. The highest BCUT2D eigenvalue weighted by Crippen LogP contribution is 2.42. The number of carbonyl (C=O) groups is 1. The molecule has 0 aromatic heterocycles. The van der Waals surface area contributed by atoms with E-state index in [4.69, 9.17) is 14.7 Å². The topological polar surface area (TPSA) is 103 Å². The summed E-state index contributed by atoms with van der Waals surface area (Å²) in [6.07, 6.45) is -1.70. The molecule has 7 nitrogen and oxygen atoms in total. The van der Waals surface area contributed by atoms with Crippen molar-refractivity contribution in [1.29, 1.82) is 5.26 Å². The number of hydrogen-bond donors (Lipinski definition) is 0. The Morgan fingerprint density at radius 1 is 1.18 bits per heavy atom. The van der Waals surface area contributed by atoms with Gasteiger partial charge in [-0.15, -0.1) is 0 Å². The average Bonchev–Trinajstić information content (AvgIpc) is 2.65. The van der Waals surface area contributed by atoms with Gasteiger partial charge in [-0.25, -0.2) is 9.18 Å². The van der Waals surface area contributed by atoms with E-state index in [1.54, 1.807) is 26.8 Å². The fraction of sp³-hybridized carbons (Fsp3) is 0.429. The molecule has 0 aliphatic heterocycles. The molecule has 0 aliphatic rings. The van der Waals surface area contributed by atoms with E-state index in [1.165, 1.54) is 19.9 Å². The van der Waals surface area contributed by atoms with Gasteiger partial charge in [0, 0.05) is 10.9 Å². The molecule has 12 heteroatoms. The minimum absolute atomic E-state index is 0.0138. The van der Waals surface area contributed by atoms with Gasteiger partial charge in [0.1, 0.15) is 11.9 Å². The summed E-state index contributed by atoms with van der Waals surface area (Å²) in [5.41, 5.74) is -7.56. The third kappa shape index (κ3) is 5.72. The predicted octanol–water partition coefficient (Wildman–Crippen LogP) is 4.81. The van der Waals surface area contributed by atoms with Crippen molar-refractivity contribution in [2.45, 2.75) is 51.8 Å². The van der Waals surface area contributed by atoms with Crippen LogP contribution in [-0.4, -0.2) is 32.1 Å². The molecule has 2 rings (SSSR count). The number of rotatable bonds is 6. The molecule has 0 saturated heterocycles. The van der Waals surface area contributed by atoms with Crippen molar-refractivity contribution in [2.24, 2.45) is 0 Å². The number of ether oxygens (including phenoxy) is 2. The summed E-state index contributed by atoms with van der Waals surface area (Å²) in [7, 11) is -6.22. The van der Waals surface area contributed by atoms with Crippen LogP contribution in [0.2, 0.25) is 0 Å². The first-order valence-corrected chi connectivity index (χ1v) is 10.9. The van der Waals surface area contributed by atoms with Crippen LogP contribution in [0.3, 0.4) is 0 Å². The van der Waals surface area contributed by atoms with Gasteiger partial charge in [0.15, 0.2) is 11.9 Å². The van der Waals surface area contributed by atoms with Crippen molar-refractivity contribution in [3.63, 3.8) is 0 Å². The highest BCUT2D eigenvalue weighted by atomic mass is 32.2. The fourth-order valence-electron chi connectivity index (χ4n) is 3.00. The first-order valence-electron chi connectivity index (χ1n) is 9.54. The summed E-state index contributed by atoms with van der Waals surface area (Å²) in [5, 5.41) is 8.67. The molecule has 0 amide bonds. The maximum Gasteiger partial charge on any atom is 0.534 e. The molecular formula is C21H21F4NO6S. The van der Waals surface area contributed by atoms with Crippen molar-refractivity contribution in [1.82, 2.24) is 0 Å². The lowest BCUT2D eigenvalue weighted by molar-refractivity contribution is -0.167. The summed E-state index contributed by atoms with van der Waals surface area (Å²) in [4.78, 5) is 12.7. The van der Waals surface area contributed by atoms with Gasteiger partial charge in [0.05, 0.1) is 17.8 Å². The maximum atomic E-state index is 14.4. The second-order valence-corrected chi connectivity index (χ2v) is 9.48. The monoisotopic (exact) mass is 491 g/mol. The number of hydrogen-bond acceptors (Lipinski definition) is 7. The van der Waals surface area contributed by atoms with Crippen molar-refractivity contribution < 1.29 is 44.4 Å². The first kappa shape index (κ1) is 26.3. The smallest absolute Gasteiger partial charge is 0.464 e. The molecule has 0 aliphatic carbocycles. The third-order valence-electron chi connectivity index (χ3n) is 4.26. The van der Waals surface area contributed by atoms with Gasteiger partial charge in [0.25, 0.3) is 0 Å². The van der Waals surface area contributed by atoms with Crippen molar-refractivity contribution >= 4 is 26.9 Å². The van der Waals surface area contributed by atoms with Crippen LogP contribution in [-0.2, 0) is 24.4 Å². The van der Waals surface area contributed by atoms with Crippen LogP contribution < -0.4 is 4.18 Å². The van der Waals surface area contributed by atoms with E-state index < -0.39 is 55.8 Å². The average molecular weight is 491 g/mol. The third-order valence-corrected chi connectivity index (χ3v) is 5.21. The van der Waals surface area contributed by atoms with Gasteiger partial charge in [-0.3, -0.25) is 0 Å². The highest BCUT2D eigenvalue weighted by Gasteiger charge is 2.49. The van der Waals surface area contributed by atoms with Gasteiger partial charge < -0.3 is 13.7 Å². The van der Waals surface area contributed by atoms with Gasteiger partial charge >= 0.3 is 21.6 Å². The van der Waals surface area contributed by atoms with Crippen LogP contribution >= 0.6 is 0 Å². The standard InChI is InChI=1S/C21H21F4NO6S/c1-6-30-19(27)18(31-20(3,4)5)16-11(2)7-12-8-13(10-26)15(22)9-14(12)17(16)32-33(28,29)21(23,24)25/h7-9,18H,6H2,1-5H3/t18-/m0/s1. The maximum absolute atomic E-state index is 14.4.